The number of aliphatic imine (C=N–C) groups is 1. The highest BCUT2D eigenvalue weighted by Crippen LogP contribution is 2.18. The Balaban J connectivity index is 2.19. The topological polar surface area (TPSA) is 67.5 Å². The molecule has 0 bridgehead atoms. The van der Waals surface area contributed by atoms with E-state index >= 15 is 0 Å². The van der Waals surface area contributed by atoms with Crippen LogP contribution >= 0.6 is 11.8 Å². The van der Waals surface area contributed by atoms with Gasteiger partial charge in [0.2, 0.25) is 5.91 Å². The Bertz CT molecular complexity index is 266. The van der Waals surface area contributed by atoms with Crippen LogP contribution in [-0.4, -0.2) is 29.4 Å². The number of primary amides is 1. The largest absolute Gasteiger partial charge is 0.370 e. The molecule has 0 aromatic carbocycles. The first-order valence-electron chi connectivity index (χ1n) is 5.80. The fourth-order valence-electron chi connectivity index (χ4n) is 1.66. The number of hydrogen-bond donors (Lipinski definition) is 2. The number of carbonyl (C=O) groups is 1. The number of nitrogens with one attached hydrogen (secondary N) is 1. The molecule has 5 heteroatoms. The highest BCUT2D eigenvalue weighted by Gasteiger charge is 2.20. The summed E-state index contributed by atoms with van der Waals surface area (Å²) < 4.78 is 0. The van der Waals surface area contributed by atoms with E-state index in [0.717, 1.165) is 17.3 Å². The van der Waals surface area contributed by atoms with E-state index in [2.05, 4.69) is 24.2 Å². The van der Waals surface area contributed by atoms with Crippen LogP contribution in [0.1, 0.15) is 33.1 Å². The summed E-state index contributed by atoms with van der Waals surface area (Å²) in [6, 6.07) is 0.555. The van der Waals surface area contributed by atoms with Crippen molar-refractivity contribution in [3.05, 3.63) is 0 Å². The molecule has 0 aliphatic carbocycles. The van der Waals surface area contributed by atoms with Crippen LogP contribution in [0.5, 0.6) is 0 Å². The van der Waals surface area contributed by atoms with Crippen molar-refractivity contribution in [2.75, 3.05) is 12.3 Å². The summed E-state index contributed by atoms with van der Waals surface area (Å²) in [5.74, 6) is 1.57. The minimum atomic E-state index is -0.245. The maximum Gasteiger partial charge on any atom is 0.217 e. The zero-order chi connectivity index (χ0) is 12.0. The standard InChI is InChI=1S/C11H21N3OS/c1-8(2)6-9-7-16-11(14-9)13-5-3-4-10(12)15/h8-9H,3-7H2,1-2H3,(H2,12,15)(H,13,14). The summed E-state index contributed by atoms with van der Waals surface area (Å²) in [4.78, 5) is 14.9. The smallest absolute Gasteiger partial charge is 0.217 e. The van der Waals surface area contributed by atoms with E-state index in [0.29, 0.717) is 24.9 Å². The third kappa shape index (κ3) is 5.39. The van der Waals surface area contributed by atoms with Crippen molar-refractivity contribution in [3.8, 4) is 0 Å². The Morgan fingerprint density at radius 2 is 2.44 bits per heavy atom. The van der Waals surface area contributed by atoms with E-state index < -0.39 is 0 Å². The normalized spacial score (nSPS) is 22.7. The summed E-state index contributed by atoms with van der Waals surface area (Å²) in [7, 11) is 0. The van der Waals surface area contributed by atoms with Gasteiger partial charge in [0.05, 0.1) is 0 Å². The third-order valence-corrected chi connectivity index (χ3v) is 3.43. The van der Waals surface area contributed by atoms with Gasteiger partial charge in [-0.15, -0.1) is 0 Å². The second-order valence-electron chi connectivity index (χ2n) is 4.54. The number of hydrogen-bond acceptors (Lipinski definition) is 3. The van der Waals surface area contributed by atoms with Gasteiger partial charge in [-0.3, -0.25) is 9.79 Å². The average Bonchev–Trinajstić information content (AvgIpc) is 2.59. The minimum absolute atomic E-state index is 0.245. The number of amidine groups is 1. The summed E-state index contributed by atoms with van der Waals surface area (Å²) in [5.41, 5.74) is 5.06. The van der Waals surface area contributed by atoms with E-state index in [-0.39, 0.29) is 5.91 Å². The van der Waals surface area contributed by atoms with Crippen molar-refractivity contribution < 1.29 is 4.79 Å². The summed E-state index contributed by atoms with van der Waals surface area (Å²) >= 11 is 1.77. The molecule has 1 amide bonds. The molecule has 1 rings (SSSR count). The van der Waals surface area contributed by atoms with Gasteiger partial charge in [0.15, 0.2) is 5.17 Å². The quantitative estimate of drug-likeness (QED) is 0.692. The van der Waals surface area contributed by atoms with Gasteiger partial charge in [0.25, 0.3) is 0 Å². The first kappa shape index (κ1) is 13.4. The lowest BCUT2D eigenvalue weighted by molar-refractivity contribution is -0.118. The van der Waals surface area contributed by atoms with Gasteiger partial charge in [0.1, 0.15) is 0 Å². The van der Waals surface area contributed by atoms with Crippen LogP contribution in [0.3, 0.4) is 0 Å². The first-order chi connectivity index (χ1) is 7.58. The van der Waals surface area contributed by atoms with E-state index in [1.165, 1.54) is 6.42 Å². The molecule has 1 heterocycles. The monoisotopic (exact) mass is 243 g/mol. The predicted molar refractivity (Wildman–Crippen MR) is 69.6 cm³/mol. The van der Waals surface area contributed by atoms with E-state index in [1.54, 1.807) is 11.8 Å². The van der Waals surface area contributed by atoms with E-state index in [4.69, 9.17) is 5.73 Å². The first-order valence-corrected chi connectivity index (χ1v) is 6.78. The highest BCUT2D eigenvalue weighted by molar-refractivity contribution is 8.14. The van der Waals surface area contributed by atoms with Gasteiger partial charge in [-0.05, 0) is 18.8 Å². The van der Waals surface area contributed by atoms with Crippen molar-refractivity contribution in [1.82, 2.24) is 5.32 Å². The lowest BCUT2D eigenvalue weighted by atomic mass is 10.1. The maximum absolute atomic E-state index is 10.5. The number of nitrogens with two attached hydrogens (primary N) is 1. The number of carbonyl (C=O) groups excluding carboxylic acids is 1. The molecule has 1 aliphatic rings. The Labute approximate surface area is 101 Å². The molecule has 0 aromatic heterocycles. The van der Waals surface area contributed by atoms with Crippen molar-refractivity contribution in [3.63, 3.8) is 0 Å². The maximum atomic E-state index is 10.5. The Hall–Kier alpha value is -0.710. The van der Waals surface area contributed by atoms with Crippen LogP contribution in [0, 0.1) is 5.92 Å². The predicted octanol–water partition coefficient (Wildman–Crippen LogP) is 1.36. The molecule has 0 saturated carbocycles. The summed E-state index contributed by atoms with van der Waals surface area (Å²) in [6.45, 7) is 5.15. The second kappa shape index (κ2) is 6.78. The lowest BCUT2D eigenvalue weighted by Gasteiger charge is -2.11. The van der Waals surface area contributed by atoms with Gasteiger partial charge >= 0.3 is 0 Å². The highest BCUT2D eigenvalue weighted by atomic mass is 32.2. The molecule has 1 saturated heterocycles. The minimum Gasteiger partial charge on any atom is -0.370 e. The van der Waals surface area contributed by atoms with Gasteiger partial charge in [-0.25, -0.2) is 0 Å². The van der Waals surface area contributed by atoms with Crippen molar-refractivity contribution in [2.45, 2.75) is 39.2 Å². The van der Waals surface area contributed by atoms with Crippen molar-refractivity contribution in [2.24, 2.45) is 16.6 Å². The molecule has 0 aromatic rings. The SMILES string of the molecule is CC(C)CC1CSC(=NCCCC(N)=O)N1. The number of nitrogens with zero attached hydrogens (tertiary/aromatic N) is 1. The van der Waals surface area contributed by atoms with E-state index in [1.807, 2.05) is 0 Å². The van der Waals surface area contributed by atoms with Crippen LogP contribution in [0.4, 0.5) is 0 Å². The van der Waals surface area contributed by atoms with E-state index in [9.17, 15) is 4.79 Å². The molecule has 0 spiro atoms. The lowest BCUT2D eigenvalue weighted by Crippen LogP contribution is -2.28. The van der Waals surface area contributed by atoms with Crippen molar-refractivity contribution in [1.29, 1.82) is 0 Å². The number of rotatable bonds is 6. The van der Waals surface area contributed by atoms with Crippen LogP contribution in [0.25, 0.3) is 0 Å². The van der Waals surface area contributed by atoms with Gasteiger partial charge in [0, 0.05) is 24.8 Å². The fraction of sp³-hybridized carbons (Fsp3) is 0.818. The molecule has 0 radical (unpaired) electrons. The van der Waals surface area contributed by atoms with Gasteiger partial charge < -0.3 is 11.1 Å². The van der Waals surface area contributed by atoms with Gasteiger partial charge in [-0.2, -0.15) is 0 Å². The molecule has 1 unspecified atom stereocenters. The van der Waals surface area contributed by atoms with Crippen LogP contribution in [-0.2, 0) is 4.79 Å². The molecule has 16 heavy (non-hydrogen) atoms. The number of amides is 1. The van der Waals surface area contributed by atoms with Crippen molar-refractivity contribution >= 4 is 22.8 Å². The van der Waals surface area contributed by atoms with Crippen LogP contribution < -0.4 is 11.1 Å². The molecule has 1 aliphatic heterocycles. The fourth-order valence-corrected chi connectivity index (χ4v) is 2.67. The molecular weight excluding hydrogens is 222 g/mol. The molecule has 1 fully saturated rings. The molecule has 1 atom stereocenters. The van der Waals surface area contributed by atoms with Crippen LogP contribution in [0.2, 0.25) is 0 Å². The molecular formula is C11H21N3OS. The Morgan fingerprint density at radius 1 is 1.69 bits per heavy atom. The molecule has 3 N–H and O–H groups in total. The third-order valence-electron chi connectivity index (χ3n) is 2.34. The summed E-state index contributed by atoms with van der Waals surface area (Å²) in [5, 5.41) is 4.43. The summed E-state index contributed by atoms with van der Waals surface area (Å²) in [6.07, 6.45) is 2.36. The second-order valence-corrected chi connectivity index (χ2v) is 5.55. The Kier molecular flexibility index (Phi) is 5.66. The van der Waals surface area contributed by atoms with Crippen LogP contribution in [0.15, 0.2) is 4.99 Å². The Morgan fingerprint density at radius 3 is 3.06 bits per heavy atom. The zero-order valence-electron chi connectivity index (χ0n) is 10.0. The average molecular weight is 243 g/mol. The molecule has 4 nitrogen and oxygen atoms in total. The molecule has 92 valence electrons. The zero-order valence-corrected chi connectivity index (χ0v) is 10.8. The number of thioether (sulfide) groups is 1. The van der Waals surface area contributed by atoms with Gasteiger partial charge in [-0.1, -0.05) is 25.6 Å².